The zero-order chi connectivity index (χ0) is 16.3. The van der Waals surface area contributed by atoms with Crippen LogP contribution < -0.4 is 4.90 Å². The molecule has 0 aliphatic rings. The Bertz CT molecular complexity index is 649. The molecule has 0 radical (unpaired) electrons. The van der Waals surface area contributed by atoms with Gasteiger partial charge >= 0.3 is 5.97 Å². The molecule has 1 unspecified atom stereocenters. The maximum atomic E-state index is 11.1. The van der Waals surface area contributed by atoms with Crippen LogP contribution in [0.15, 0.2) is 24.3 Å². The molecular weight excluding hydrogens is 296 g/mol. The van der Waals surface area contributed by atoms with Crippen LogP contribution in [0.5, 0.6) is 0 Å². The topological polar surface area (TPSA) is 53.4 Å². The zero-order valence-electron chi connectivity index (χ0n) is 13.5. The Labute approximate surface area is 135 Å². The summed E-state index contributed by atoms with van der Waals surface area (Å²) in [7, 11) is 0. The van der Waals surface area contributed by atoms with Crippen molar-refractivity contribution in [1.82, 2.24) is 4.98 Å². The van der Waals surface area contributed by atoms with E-state index >= 15 is 0 Å². The largest absolute Gasteiger partial charge is 0.481 e. The van der Waals surface area contributed by atoms with Gasteiger partial charge < -0.3 is 10.0 Å². The van der Waals surface area contributed by atoms with Crippen molar-refractivity contribution in [2.45, 2.75) is 27.7 Å². The van der Waals surface area contributed by atoms with Crippen LogP contribution in [0.1, 0.15) is 24.3 Å². The Morgan fingerprint density at radius 3 is 2.50 bits per heavy atom. The van der Waals surface area contributed by atoms with Crippen LogP contribution in [-0.2, 0) is 4.79 Å². The van der Waals surface area contributed by atoms with Crippen molar-refractivity contribution in [2.75, 3.05) is 18.0 Å². The standard InChI is InChI=1S/C17H22N2O2S/c1-5-19(10-12(3)16(20)21)17-18-15(13(4)22-17)14-8-6-11(2)7-9-14/h6-9,12H,5,10H2,1-4H3,(H,20,21). The molecule has 5 heteroatoms. The molecule has 0 spiro atoms. The van der Waals surface area contributed by atoms with Gasteiger partial charge in [0.25, 0.3) is 0 Å². The number of carboxylic acids is 1. The van der Waals surface area contributed by atoms with Crippen LogP contribution in [0.2, 0.25) is 0 Å². The second kappa shape index (κ2) is 6.92. The molecule has 1 atom stereocenters. The highest BCUT2D eigenvalue weighted by Crippen LogP contribution is 2.32. The highest BCUT2D eigenvalue weighted by atomic mass is 32.1. The highest BCUT2D eigenvalue weighted by Gasteiger charge is 2.19. The van der Waals surface area contributed by atoms with Crippen molar-refractivity contribution >= 4 is 22.4 Å². The number of aryl methyl sites for hydroxylation is 2. The molecule has 2 aromatic rings. The van der Waals surface area contributed by atoms with Gasteiger partial charge in [-0.05, 0) is 20.8 Å². The molecule has 0 bridgehead atoms. The van der Waals surface area contributed by atoms with E-state index in [9.17, 15) is 4.79 Å². The second-order valence-electron chi connectivity index (χ2n) is 5.55. The maximum Gasteiger partial charge on any atom is 0.308 e. The lowest BCUT2D eigenvalue weighted by Gasteiger charge is -2.21. The van der Waals surface area contributed by atoms with Crippen molar-refractivity contribution in [3.63, 3.8) is 0 Å². The fraction of sp³-hybridized carbons (Fsp3) is 0.412. The van der Waals surface area contributed by atoms with Gasteiger partial charge in [-0.15, -0.1) is 11.3 Å². The molecule has 1 aromatic carbocycles. The molecule has 1 N–H and O–H groups in total. The first kappa shape index (κ1) is 16.5. The number of anilines is 1. The van der Waals surface area contributed by atoms with Crippen LogP contribution in [0.3, 0.4) is 0 Å². The van der Waals surface area contributed by atoms with E-state index in [2.05, 4.69) is 38.1 Å². The molecule has 1 heterocycles. The number of nitrogens with zero attached hydrogens (tertiary/aromatic N) is 2. The third kappa shape index (κ3) is 3.65. The lowest BCUT2D eigenvalue weighted by Crippen LogP contribution is -2.31. The van der Waals surface area contributed by atoms with Gasteiger partial charge in [-0.25, -0.2) is 4.98 Å². The fourth-order valence-corrected chi connectivity index (χ4v) is 3.25. The third-order valence-electron chi connectivity index (χ3n) is 3.68. The maximum absolute atomic E-state index is 11.1. The summed E-state index contributed by atoms with van der Waals surface area (Å²) >= 11 is 1.62. The first-order valence-electron chi connectivity index (χ1n) is 7.44. The van der Waals surface area contributed by atoms with Crippen LogP contribution in [0.4, 0.5) is 5.13 Å². The number of benzene rings is 1. The molecule has 2 rings (SSSR count). The lowest BCUT2D eigenvalue weighted by atomic mass is 10.1. The van der Waals surface area contributed by atoms with Crippen LogP contribution in [0, 0.1) is 19.8 Å². The molecule has 0 saturated heterocycles. The van der Waals surface area contributed by atoms with E-state index in [-0.39, 0.29) is 0 Å². The van der Waals surface area contributed by atoms with E-state index < -0.39 is 11.9 Å². The van der Waals surface area contributed by atoms with E-state index in [1.807, 2.05) is 11.8 Å². The smallest absolute Gasteiger partial charge is 0.308 e. The van der Waals surface area contributed by atoms with Crippen molar-refractivity contribution in [1.29, 1.82) is 0 Å². The molecule has 22 heavy (non-hydrogen) atoms. The van der Waals surface area contributed by atoms with Crippen LogP contribution in [-0.4, -0.2) is 29.1 Å². The molecule has 1 aromatic heterocycles. The van der Waals surface area contributed by atoms with Gasteiger partial charge in [-0.1, -0.05) is 36.8 Å². The van der Waals surface area contributed by atoms with E-state index in [4.69, 9.17) is 10.1 Å². The summed E-state index contributed by atoms with van der Waals surface area (Å²) in [5.74, 6) is -1.18. The van der Waals surface area contributed by atoms with E-state index in [1.165, 1.54) is 5.56 Å². The van der Waals surface area contributed by atoms with Crippen LogP contribution in [0.25, 0.3) is 11.3 Å². The minimum Gasteiger partial charge on any atom is -0.481 e. The minimum atomic E-state index is -0.773. The lowest BCUT2D eigenvalue weighted by molar-refractivity contribution is -0.140. The molecule has 0 saturated carbocycles. The van der Waals surface area contributed by atoms with Crippen LogP contribution >= 0.6 is 11.3 Å². The Hall–Kier alpha value is -1.88. The third-order valence-corrected chi connectivity index (χ3v) is 4.71. The summed E-state index contributed by atoms with van der Waals surface area (Å²) in [6.45, 7) is 9.10. The number of hydrogen-bond donors (Lipinski definition) is 1. The van der Waals surface area contributed by atoms with Gasteiger partial charge in [-0.2, -0.15) is 0 Å². The van der Waals surface area contributed by atoms with Gasteiger partial charge in [0.2, 0.25) is 0 Å². The van der Waals surface area contributed by atoms with Crippen molar-refractivity contribution in [3.05, 3.63) is 34.7 Å². The summed E-state index contributed by atoms with van der Waals surface area (Å²) in [6.07, 6.45) is 0. The first-order chi connectivity index (χ1) is 10.4. The Morgan fingerprint density at radius 1 is 1.32 bits per heavy atom. The van der Waals surface area contributed by atoms with Gasteiger partial charge in [0, 0.05) is 23.5 Å². The Kier molecular flexibility index (Phi) is 5.19. The summed E-state index contributed by atoms with van der Waals surface area (Å²) in [4.78, 5) is 19.0. The normalized spacial score (nSPS) is 12.2. The highest BCUT2D eigenvalue weighted by molar-refractivity contribution is 7.16. The Morgan fingerprint density at radius 2 is 1.95 bits per heavy atom. The molecule has 4 nitrogen and oxygen atoms in total. The van der Waals surface area contributed by atoms with E-state index in [0.29, 0.717) is 6.54 Å². The number of rotatable bonds is 6. The number of carbonyl (C=O) groups is 1. The number of hydrogen-bond acceptors (Lipinski definition) is 4. The van der Waals surface area contributed by atoms with Crippen molar-refractivity contribution in [2.24, 2.45) is 5.92 Å². The molecule has 0 amide bonds. The molecule has 0 fully saturated rings. The number of aliphatic carboxylic acids is 1. The SMILES string of the molecule is CCN(CC(C)C(=O)O)c1nc(-c2ccc(C)cc2)c(C)s1. The average Bonchev–Trinajstić information content (AvgIpc) is 2.87. The number of thiazole rings is 1. The van der Waals surface area contributed by atoms with E-state index in [0.717, 1.165) is 27.8 Å². The second-order valence-corrected chi connectivity index (χ2v) is 6.73. The fourth-order valence-electron chi connectivity index (χ4n) is 2.25. The molecular formula is C17H22N2O2S. The van der Waals surface area contributed by atoms with Crippen molar-refractivity contribution < 1.29 is 9.90 Å². The quantitative estimate of drug-likeness (QED) is 0.875. The van der Waals surface area contributed by atoms with Crippen molar-refractivity contribution in [3.8, 4) is 11.3 Å². The number of aromatic nitrogens is 1. The minimum absolute atomic E-state index is 0.410. The Balaban J connectivity index is 2.27. The number of carboxylic acid groups (broad SMARTS) is 1. The van der Waals surface area contributed by atoms with Gasteiger partial charge in [0.1, 0.15) is 0 Å². The predicted molar refractivity (Wildman–Crippen MR) is 91.7 cm³/mol. The predicted octanol–water partition coefficient (Wildman–Crippen LogP) is 3.97. The summed E-state index contributed by atoms with van der Waals surface area (Å²) in [5, 5.41) is 9.99. The zero-order valence-corrected chi connectivity index (χ0v) is 14.3. The van der Waals surface area contributed by atoms with E-state index in [1.54, 1.807) is 18.3 Å². The van der Waals surface area contributed by atoms with Gasteiger partial charge in [0.15, 0.2) is 5.13 Å². The summed E-state index contributed by atoms with van der Waals surface area (Å²) in [6, 6.07) is 8.32. The molecule has 118 valence electrons. The first-order valence-corrected chi connectivity index (χ1v) is 8.26. The summed E-state index contributed by atoms with van der Waals surface area (Å²) in [5.41, 5.74) is 3.32. The van der Waals surface area contributed by atoms with Gasteiger partial charge in [-0.3, -0.25) is 4.79 Å². The monoisotopic (exact) mass is 318 g/mol. The summed E-state index contributed by atoms with van der Waals surface area (Å²) < 4.78 is 0. The molecule has 0 aliphatic heterocycles. The molecule has 0 aliphatic carbocycles. The average molecular weight is 318 g/mol. The van der Waals surface area contributed by atoms with Gasteiger partial charge in [0.05, 0.1) is 11.6 Å².